The minimum absolute atomic E-state index is 0.170. The number of carbonyl (C=O) groups is 1. The molecule has 6 nitrogen and oxygen atoms in total. The summed E-state index contributed by atoms with van der Waals surface area (Å²) in [6.07, 6.45) is 3.53. The van der Waals surface area contributed by atoms with Crippen LogP contribution in [-0.4, -0.2) is 25.9 Å². The van der Waals surface area contributed by atoms with Crippen LogP contribution in [0.2, 0.25) is 0 Å². The highest BCUT2D eigenvalue weighted by atomic mass is 16.1. The summed E-state index contributed by atoms with van der Waals surface area (Å²) < 4.78 is 1.71. The van der Waals surface area contributed by atoms with Crippen molar-refractivity contribution in [3.8, 4) is 5.69 Å². The fourth-order valence-corrected chi connectivity index (χ4v) is 2.13. The molecule has 1 aromatic carbocycles. The highest BCUT2D eigenvalue weighted by Gasteiger charge is 2.12. The number of nitrogens with zero attached hydrogens (tertiary/aromatic N) is 3. The Kier molecular flexibility index (Phi) is 3.27. The predicted octanol–water partition coefficient (Wildman–Crippen LogP) is 2.46. The van der Waals surface area contributed by atoms with Crippen molar-refractivity contribution in [1.29, 1.82) is 0 Å². The number of carbonyl (C=O) groups excluding carboxylic acids is 1. The molecule has 0 unspecified atom stereocenters. The van der Waals surface area contributed by atoms with E-state index in [0.29, 0.717) is 5.56 Å². The van der Waals surface area contributed by atoms with Crippen molar-refractivity contribution in [3.05, 3.63) is 59.7 Å². The third-order valence-corrected chi connectivity index (χ3v) is 3.24. The number of nitrogens with one attached hydrogen (secondary N) is 2. The summed E-state index contributed by atoms with van der Waals surface area (Å²) in [4.78, 5) is 12.4. The van der Waals surface area contributed by atoms with Crippen LogP contribution in [0.1, 0.15) is 21.7 Å². The average molecular weight is 281 g/mol. The largest absolute Gasteiger partial charge is 0.319 e. The molecule has 0 atom stereocenters. The second-order valence-electron chi connectivity index (χ2n) is 4.76. The van der Waals surface area contributed by atoms with E-state index in [1.54, 1.807) is 23.0 Å². The molecule has 2 heterocycles. The Hall–Kier alpha value is -2.89. The van der Waals surface area contributed by atoms with Gasteiger partial charge >= 0.3 is 0 Å². The van der Waals surface area contributed by atoms with E-state index in [0.717, 1.165) is 22.8 Å². The lowest BCUT2D eigenvalue weighted by Crippen LogP contribution is -2.13. The van der Waals surface area contributed by atoms with Crippen LogP contribution in [-0.2, 0) is 0 Å². The standard InChI is InChI=1S/C15H15N5O/c1-10-14(11(2)19-18-10)17-15(21)12-5-3-6-13(9-12)20-8-4-7-16-20/h3-9H,1-2H3,(H,17,21)(H,18,19). The SMILES string of the molecule is Cc1n[nH]c(C)c1NC(=O)c1cccc(-n2cccn2)c1. The first-order valence-electron chi connectivity index (χ1n) is 6.58. The number of aromatic nitrogens is 4. The molecule has 3 aromatic rings. The topological polar surface area (TPSA) is 75.6 Å². The second kappa shape index (κ2) is 5.24. The molecule has 2 N–H and O–H groups in total. The highest BCUT2D eigenvalue weighted by Crippen LogP contribution is 2.18. The Bertz CT molecular complexity index is 754. The van der Waals surface area contributed by atoms with Crippen molar-refractivity contribution in [3.63, 3.8) is 0 Å². The van der Waals surface area contributed by atoms with Gasteiger partial charge in [-0.15, -0.1) is 0 Å². The monoisotopic (exact) mass is 281 g/mol. The third-order valence-electron chi connectivity index (χ3n) is 3.24. The van der Waals surface area contributed by atoms with Gasteiger partial charge in [-0.25, -0.2) is 4.68 Å². The number of hydrogen-bond donors (Lipinski definition) is 2. The van der Waals surface area contributed by atoms with Crippen LogP contribution in [0.15, 0.2) is 42.7 Å². The first-order chi connectivity index (χ1) is 10.1. The Balaban J connectivity index is 1.87. The maximum atomic E-state index is 12.4. The van der Waals surface area contributed by atoms with Gasteiger partial charge in [-0.2, -0.15) is 10.2 Å². The zero-order valence-corrected chi connectivity index (χ0v) is 11.8. The molecule has 1 amide bonds. The van der Waals surface area contributed by atoms with E-state index in [4.69, 9.17) is 0 Å². The molecule has 2 aromatic heterocycles. The number of H-pyrrole nitrogens is 1. The molecular weight excluding hydrogens is 266 g/mol. The fraction of sp³-hybridized carbons (Fsp3) is 0.133. The van der Waals surface area contributed by atoms with E-state index in [2.05, 4.69) is 20.6 Å². The van der Waals surface area contributed by atoms with E-state index < -0.39 is 0 Å². The van der Waals surface area contributed by atoms with Gasteiger partial charge in [0.25, 0.3) is 5.91 Å². The average Bonchev–Trinajstić information content (AvgIpc) is 3.13. The summed E-state index contributed by atoms with van der Waals surface area (Å²) in [5, 5.41) is 14.0. The van der Waals surface area contributed by atoms with E-state index in [1.165, 1.54) is 0 Å². The van der Waals surface area contributed by atoms with Crippen molar-refractivity contribution in [2.75, 3.05) is 5.32 Å². The lowest BCUT2D eigenvalue weighted by Gasteiger charge is -2.07. The minimum atomic E-state index is -0.170. The Labute approximate surface area is 121 Å². The van der Waals surface area contributed by atoms with Gasteiger partial charge in [0.1, 0.15) is 0 Å². The first-order valence-corrected chi connectivity index (χ1v) is 6.58. The first kappa shape index (κ1) is 13.1. The van der Waals surface area contributed by atoms with Gasteiger partial charge in [-0.3, -0.25) is 9.89 Å². The summed E-state index contributed by atoms with van der Waals surface area (Å²) in [6.45, 7) is 3.72. The predicted molar refractivity (Wildman–Crippen MR) is 79.6 cm³/mol. The van der Waals surface area contributed by atoms with Gasteiger partial charge < -0.3 is 5.32 Å². The molecule has 6 heteroatoms. The molecule has 106 valence electrons. The van der Waals surface area contributed by atoms with Crippen LogP contribution in [0.5, 0.6) is 0 Å². The van der Waals surface area contributed by atoms with Gasteiger partial charge in [0.15, 0.2) is 0 Å². The highest BCUT2D eigenvalue weighted by molar-refractivity contribution is 6.05. The van der Waals surface area contributed by atoms with Crippen molar-refractivity contribution >= 4 is 11.6 Å². The normalized spacial score (nSPS) is 10.6. The van der Waals surface area contributed by atoms with E-state index in [9.17, 15) is 4.79 Å². The summed E-state index contributed by atoms with van der Waals surface area (Å²) in [5.41, 5.74) is 3.74. The fourth-order valence-electron chi connectivity index (χ4n) is 2.13. The third kappa shape index (κ3) is 2.55. The zero-order valence-electron chi connectivity index (χ0n) is 11.8. The minimum Gasteiger partial charge on any atom is -0.319 e. The maximum absolute atomic E-state index is 12.4. The smallest absolute Gasteiger partial charge is 0.255 e. The van der Waals surface area contributed by atoms with E-state index in [1.807, 2.05) is 38.2 Å². The lowest BCUT2D eigenvalue weighted by atomic mass is 10.2. The second-order valence-corrected chi connectivity index (χ2v) is 4.76. The van der Waals surface area contributed by atoms with Crippen molar-refractivity contribution < 1.29 is 4.79 Å². The number of aryl methyl sites for hydroxylation is 2. The Morgan fingerprint density at radius 3 is 2.81 bits per heavy atom. The van der Waals surface area contributed by atoms with Gasteiger partial charge in [0.2, 0.25) is 0 Å². The number of rotatable bonds is 3. The van der Waals surface area contributed by atoms with Crippen molar-refractivity contribution in [2.45, 2.75) is 13.8 Å². The van der Waals surface area contributed by atoms with Crippen LogP contribution in [0.25, 0.3) is 5.69 Å². The Morgan fingerprint density at radius 2 is 2.14 bits per heavy atom. The number of anilines is 1. The number of hydrogen-bond acceptors (Lipinski definition) is 3. The molecule has 0 bridgehead atoms. The van der Waals surface area contributed by atoms with Gasteiger partial charge in [0, 0.05) is 18.0 Å². The van der Waals surface area contributed by atoms with Crippen LogP contribution in [0, 0.1) is 13.8 Å². The molecular formula is C15H15N5O. The van der Waals surface area contributed by atoms with Crippen LogP contribution < -0.4 is 5.32 Å². The zero-order chi connectivity index (χ0) is 14.8. The van der Waals surface area contributed by atoms with E-state index >= 15 is 0 Å². The van der Waals surface area contributed by atoms with Crippen LogP contribution >= 0.6 is 0 Å². The van der Waals surface area contributed by atoms with Crippen LogP contribution in [0.3, 0.4) is 0 Å². The molecule has 0 aliphatic heterocycles. The van der Waals surface area contributed by atoms with E-state index in [-0.39, 0.29) is 5.91 Å². The quantitative estimate of drug-likeness (QED) is 0.774. The summed E-state index contributed by atoms with van der Waals surface area (Å²) in [6, 6.07) is 9.14. The lowest BCUT2D eigenvalue weighted by molar-refractivity contribution is 0.102. The summed E-state index contributed by atoms with van der Waals surface area (Å²) in [5.74, 6) is -0.170. The number of benzene rings is 1. The van der Waals surface area contributed by atoms with Gasteiger partial charge in [-0.1, -0.05) is 6.07 Å². The Morgan fingerprint density at radius 1 is 1.29 bits per heavy atom. The van der Waals surface area contributed by atoms with Gasteiger partial charge in [0.05, 0.1) is 22.8 Å². The molecule has 21 heavy (non-hydrogen) atoms. The molecule has 0 spiro atoms. The molecule has 0 aliphatic rings. The number of amides is 1. The van der Waals surface area contributed by atoms with Crippen molar-refractivity contribution in [1.82, 2.24) is 20.0 Å². The molecule has 0 radical (unpaired) electrons. The maximum Gasteiger partial charge on any atom is 0.255 e. The van der Waals surface area contributed by atoms with Crippen LogP contribution in [0.4, 0.5) is 5.69 Å². The number of aromatic amines is 1. The van der Waals surface area contributed by atoms with Crippen molar-refractivity contribution in [2.24, 2.45) is 0 Å². The molecule has 0 fully saturated rings. The molecule has 0 saturated carbocycles. The molecule has 0 saturated heterocycles. The van der Waals surface area contributed by atoms with Gasteiger partial charge in [-0.05, 0) is 38.1 Å². The molecule has 3 rings (SSSR count). The summed E-state index contributed by atoms with van der Waals surface area (Å²) in [7, 11) is 0. The molecule has 0 aliphatic carbocycles. The summed E-state index contributed by atoms with van der Waals surface area (Å²) >= 11 is 0.